The SMILES string of the molecule is Cc1nc(-c2noc([C@@]34CCCC[C@@H]3NCC4)n2)co1. The number of hydrogen-bond acceptors (Lipinski definition) is 6. The van der Waals surface area contributed by atoms with E-state index in [1.807, 2.05) is 0 Å². The van der Waals surface area contributed by atoms with E-state index in [1.54, 1.807) is 13.2 Å². The van der Waals surface area contributed by atoms with E-state index in [1.165, 1.54) is 19.3 Å². The zero-order valence-electron chi connectivity index (χ0n) is 11.6. The second-order valence-corrected chi connectivity index (χ2v) is 5.83. The Bertz CT molecular complexity index is 620. The molecule has 106 valence electrons. The van der Waals surface area contributed by atoms with Crippen molar-refractivity contribution in [1.82, 2.24) is 20.4 Å². The van der Waals surface area contributed by atoms with Gasteiger partial charge in [-0.2, -0.15) is 4.98 Å². The lowest BCUT2D eigenvalue weighted by Crippen LogP contribution is -2.43. The first-order chi connectivity index (χ1) is 9.78. The minimum atomic E-state index is 0.0300. The highest BCUT2D eigenvalue weighted by atomic mass is 16.5. The van der Waals surface area contributed by atoms with Crippen molar-refractivity contribution in [2.45, 2.75) is 50.5 Å². The monoisotopic (exact) mass is 274 g/mol. The molecule has 1 aliphatic heterocycles. The molecule has 0 unspecified atom stereocenters. The maximum absolute atomic E-state index is 5.59. The van der Waals surface area contributed by atoms with Gasteiger partial charge < -0.3 is 14.3 Å². The molecule has 6 heteroatoms. The number of hydrogen-bond donors (Lipinski definition) is 1. The summed E-state index contributed by atoms with van der Waals surface area (Å²) in [6.07, 6.45) is 7.50. The van der Waals surface area contributed by atoms with Gasteiger partial charge in [0.2, 0.25) is 11.7 Å². The van der Waals surface area contributed by atoms with Gasteiger partial charge in [-0.05, 0) is 25.8 Å². The van der Waals surface area contributed by atoms with Crippen LogP contribution in [0.5, 0.6) is 0 Å². The lowest BCUT2D eigenvalue weighted by atomic mass is 9.70. The highest BCUT2D eigenvalue weighted by Crippen LogP contribution is 2.44. The minimum absolute atomic E-state index is 0.0300. The summed E-state index contributed by atoms with van der Waals surface area (Å²) < 4.78 is 10.8. The van der Waals surface area contributed by atoms with Gasteiger partial charge in [-0.3, -0.25) is 0 Å². The average Bonchev–Trinajstić information content (AvgIpc) is 3.17. The molecule has 0 radical (unpaired) electrons. The molecule has 1 aliphatic carbocycles. The normalized spacial score (nSPS) is 29.6. The van der Waals surface area contributed by atoms with E-state index < -0.39 is 0 Å². The van der Waals surface area contributed by atoms with Gasteiger partial charge in [0.05, 0.1) is 5.41 Å². The Morgan fingerprint density at radius 3 is 3.10 bits per heavy atom. The summed E-state index contributed by atoms with van der Waals surface area (Å²) >= 11 is 0. The predicted molar refractivity (Wildman–Crippen MR) is 71.1 cm³/mol. The smallest absolute Gasteiger partial charge is 0.234 e. The van der Waals surface area contributed by atoms with E-state index >= 15 is 0 Å². The van der Waals surface area contributed by atoms with Crippen molar-refractivity contribution >= 4 is 0 Å². The Kier molecular flexibility index (Phi) is 2.66. The maximum Gasteiger partial charge on any atom is 0.234 e. The first-order valence-electron chi connectivity index (χ1n) is 7.28. The van der Waals surface area contributed by atoms with Gasteiger partial charge in [-0.15, -0.1) is 0 Å². The number of oxazole rings is 1. The van der Waals surface area contributed by atoms with Crippen LogP contribution < -0.4 is 5.32 Å². The zero-order valence-corrected chi connectivity index (χ0v) is 11.6. The molecule has 0 amide bonds. The lowest BCUT2D eigenvalue weighted by molar-refractivity contribution is 0.199. The van der Waals surface area contributed by atoms with Crippen LogP contribution in [-0.2, 0) is 5.41 Å². The average molecular weight is 274 g/mol. The molecule has 1 saturated carbocycles. The highest BCUT2D eigenvalue weighted by molar-refractivity contribution is 5.46. The van der Waals surface area contributed by atoms with E-state index in [9.17, 15) is 0 Å². The summed E-state index contributed by atoms with van der Waals surface area (Å²) in [6, 6.07) is 0.476. The molecule has 0 spiro atoms. The largest absolute Gasteiger partial charge is 0.449 e. The highest BCUT2D eigenvalue weighted by Gasteiger charge is 2.49. The van der Waals surface area contributed by atoms with Crippen molar-refractivity contribution in [2.24, 2.45) is 0 Å². The van der Waals surface area contributed by atoms with Crippen molar-refractivity contribution in [1.29, 1.82) is 0 Å². The second-order valence-electron chi connectivity index (χ2n) is 5.83. The lowest BCUT2D eigenvalue weighted by Gasteiger charge is -2.35. The number of aryl methyl sites for hydroxylation is 1. The fraction of sp³-hybridized carbons (Fsp3) is 0.643. The third kappa shape index (κ3) is 1.71. The maximum atomic E-state index is 5.59. The van der Waals surface area contributed by atoms with Crippen LogP contribution in [0.1, 0.15) is 43.9 Å². The summed E-state index contributed by atoms with van der Waals surface area (Å²) in [5.41, 5.74) is 0.676. The Balaban J connectivity index is 1.70. The summed E-state index contributed by atoms with van der Waals surface area (Å²) in [5.74, 6) is 1.91. The Morgan fingerprint density at radius 1 is 1.30 bits per heavy atom. The fourth-order valence-corrected chi connectivity index (χ4v) is 3.66. The van der Waals surface area contributed by atoms with Gasteiger partial charge in [-0.1, -0.05) is 18.0 Å². The number of aromatic nitrogens is 3. The van der Waals surface area contributed by atoms with Crippen molar-refractivity contribution < 1.29 is 8.94 Å². The van der Waals surface area contributed by atoms with Crippen LogP contribution in [0.15, 0.2) is 15.2 Å². The number of nitrogens with zero attached hydrogens (tertiary/aromatic N) is 3. The molecule has 1 N–H and O–H groups in total. The summed E-state index contributed by atoms with van der Waals surface area (Å²) in [7, 11) is 0. The molecule has 0 aromatic carbocycles. The van der Waals surface area contributed by atoms with E-state index in [2.05, 4.69) is 20.4 Å². The van der Waals surface area contributed by atoms with Crippen LogP contribution in [0, 0.1) is 6.92 Å². The van der Waals surface area contributed by atoms with E-state index in [0.29, 0.717) is 23.5 Å². The van der Waals surface area contributed by atoms with Crippen molar-refractivity contribution in [3.63, 3.8) is 0 Å². The van der Waals surface area contributed by atoms with Gasteiger partial charge in [-0.25, -0.2) is 4.98 Å². The predicted octanol–water partition coefficient (Wildman–Crippen LogP) is 2.21. The Hall–Kier alpha value is -1.69. The molecule has 1 saturated heterocycles. The van der Waals surface area contributed by atoms with Crippen LogP contribution >= 0.6 is 0 Å². The molecule has 2 aliphatic rings. The van der Waals surface area contributed by atoms with E-state index in [-0.39, 0.29) is 5.41 Å². The van der Waals surface area contributed by atoms with Crippen molar-refractivity contribution in [3.05, 3.63) is 18.0 Å². The van der Waals surface area contributed by atoms with Crippen molar-refractivity contribution in [3.8, 4) is 11.5 Å². The van der Waals surface area contributed by atoms with Crippen molar-refractivity contribution in [2.75, 3.05) is 6.54 Å². The molecule has 20 heavy (non-hydrogen) atoms. The standard InChI is InChI=1S/C14H18N4O2/c1-9-16-10(8-19-9)12-17-13(20-18-12)14-5-3-2-4-11(14)15-7-6-14/h8,11,15H,2-7H2,1H3/t11-,14+/m0/s1. The minimum Gasteiger partial charge on any atom is -0.449 e. The van der Waals surface area contributed by atoms with E-state index in [0.717, 1.165) is 25.3 Å². The summed E-state index contributed by atoms with van der Waals surface area (Å²) in [5, 5.41) is 7.68. The molecule has 3 heterocycles. The molecule has 2 aromatic heterocycles. The van der Waals surface area contributed by atoms with Crippen LogP contribution in [0.3, 0.4) is 0 Å². The van der Waals surface area contributed by atoms with Gasteiger partial charge >= 0.3 is 0 Å². The molecular formula is C14H18N4O2. The van der Waals surface area contributed by atoms with Crippen LogP contribution in [0.25, 0.3) is 11.5 Å². The summed E-state index contributed by atoms with van der Waals surface area (Å²) in [6.45, 7) is 2.84. The quantitative estimate of drug-likeness (QED) is 0.904. The second kappa shape index (κ2) is 4.41. The number of nitrogens with one attached hydrogen (secondary N) is 1. The van der Waals surface area contributed by atoms with Gasteiger partial charge in [0.25, 0.3) is 0 Å². The molecular weight excluding hydrogens is 256 g/mol. The van der Waals surface area contributed by atoms with Crippen LogP contribution in [0.2, 0.25) is 0 Å². The molecule has 6 nitrogen and oxygen atoms in total. The molecule has 0 bridgehead atoms. The first-order valence-corrected chi connectivity index (χ1v) is 7.28. The van der Waals surface area contributed by atoms with Gasteiger partial charge in [0.15, 0.2) is 5.89 Å². The first kappa shape index (κ1) is 12.1. The van der Waals surface area contributed by atoms with Gasteiger partial charge in [0, 0.05) is 13.0 Å². The topological polar surface area (TPSA) is 77.0 Å². The Labute approximate surface area is 117 Å². The fourth-order valence-electron chi connectivity index (χ4n) is 3.66. The van der Waals surface area contributed by atoms with E-state index in [4.69, 9.17) is 8.94 Å². The molecule has 4 rings (SSSR count). The number of rotatable bonds is 2. The third-order valence-corrected chi connectivity index (χ3v) is 4.69. The summed E-state index contributed by atoms with van der Waals surface area (Å²) in [4.78, 5) is 8.87. The van der Waals surface area contributed by atoms with Crippen LogP contribution in [0.4, 0.5) is 0 Å². The van der Waals surface area contributed by atoms with Crippen LogP contribution in [-0.4, -0.2) is 27.7 Å². The molecule has 2 fully saturated rings. The number of fused-ring (bicyclic) bond motifs is 1. The zero-order chi connectivity index (χ0) is 13.6. The Morgan fingerprint density at radius 2 is 2.25 bits per heavy atom. The third-order valence-electron chi connectivity index (χ3n) is 4.69. The van der Waals surface area contributed by atoms with Gasteiger partial charge in [0.1, 0.15) is 12.0 Å². The molecule has 2 atom stereocenters. The molecule has 2 aromatic rings.